The Labute approximate surface area is 144 Å². The molecular weight excluding hydrogens is 356 g/mol. The van der Waals surface area contributed by atoms with Crippen molar-refractivity contribution in [1.82, 2.24) is 4.90 Å². The molecule has 1 aliphatic heterocycles. The van der Waals surface area contributed by atoms with Crippen molar-refractivity contribution in [3.05, 3.63) is 64.5 Å². The van der Waals surface area contributed by atoms with Gasteiger partial charge in [0.25, 0.3) is 5.91 Å². The van der Waals surface area contributed by atoms with E-state index in [1.165, 1.54) is 10.5 Å². The minimum Gasteiger partial charge on any atom is -0.444 e. The number of halogens is 1. The fourth-order valence-electron chi connectivity index (χ4n) is 2.74. The number of hydrogen-bond donors (Lipinski definition) is 1. The van der Waals surface area contributed by atoms with Crippen LogP contribution in [0, 0.1) is 0 Å². The molecule has 1 N–H and O–H groups in total. The van der Waals surface area contributed by atoms with Crippen molar-refractivity contribution < 1.29 is 14.1 Å². The molecule has 1 aromatic heterocycles. The zero-order chi connectivity index (χ0) is 16.1. The maximum atomic E-state index is 12.3. The Morgan fingerprint density at radius 3 is 2.57 bits per heavy atom. The predicted octanol–water partition coefficient (Wildman–Crippen LogP) is 2.10. The van der Waals surface area contributed by atoms with E-state index in [-0.39, 0.29) is 5.91 Å². The minimum atomic E-state index is -0.0189. The van der Waals surface area contributed by atoms with Crippen molar-refractivity contribution >= 4 is 27.9 Å². The van der Waals surface area contributed by atoms with Gasteiger partial charge in [-0.1, -0.05) is 36.4 Å². The molecule has 3 rings (SSSR count). The van der Waals surface area contributed by atoms with Crippen LogP contribution in [0.2, 0.25) is 0 Å². The first-order valence-electron chi connectivity index (χ1n) is 7.82. The molecule has 120 valence electrons. The molecule has 0 unspecified atom stereocenters. The van der Waals surface area contributed by atoms with E-state index in [9.17, 15) is 4.79 Å². The zero-order valence-electron chi connectivity index (χ0n) is 12.9. The molecule has 2 aromatic rings. The second-order valence-electron chi connectivity index (χ2n) is 5.66. The van der Waals surface area contributed by atoms with Gasteiger partial charge in [-0.05, 0) is 39.7 Å². The van der Waals surface area contributed by atoms with Gasteiger partial charge in [-0.25, -0.2) is 0 Å². The number of hydrogen-bond acceptors (Lipinski definition) is 2. The Hall–Kier alpha value is -1.85. The molecular formula is C18H20BrN2O2+. The van der Waals surface area contributed by atoms with Gasteiger partial charge in [-0.3, -0.25) is 4.79 Å². The van der Waals surface area contributed by atoms with Crippen LogP contribution in [0.4, 0.5) is 0 Å². The normalized spacial score (nSPS) is 16.1. The molecule has 5 heteroatoms. The van der Waals surface area contributed by atoms with Crippen LogP contribution in [0.15, 0.2) is 57.6 Å². The third-order valence-corrected chi connectivity index (χ3v) is 4.48. The highest BCUT2D eigenvalue weighted by Crippen LogP contribution is 2.15. The van der Waals surface area contributed by atoms with E-state index in [1.807, 2.05) is 23.1 Å². The Balaban J connectivity index is 1.47. The number of amides is 1. The van der Waals surface area contributed by atoms with Crippen molar-refractivity contribution in [1.29, 1.82) is 0 Å². The van der Waals surface area contributed by atoms with Crippen LogP contribution >= 0.6 is 15.9 Å². The van der Waals surface area contributed by atoms with Crippen LogP contribution in [0.3, 0.4) is 0 Å². The lowest BCUT2D eigenvalue weighted by molar-refractivity contribution is -0.898. The summed E-state index contributed by atoms with van der Waals surface area (Å²) in [6.07, 6.45) is 4.37. The summed E-state index contributed by atoms with van der Waals surface area (Å²) in [5.41, 5.74) is 1.23. The van der Waals surface area contributed by atoms with Crippen molar-refractivity contribution in [2.45, 2.75) is 0 Å². The van der Waals surface area contributed by atoms with Crippen LogP contribution in [0.5, 0.6) is 0 Å². The number of carbonyl (C=O) groups excluding carboxylic acids is 1. The second kappa shape index (κ2) is 7.62. The Bertz CT molecular complexity index is 673. The molecule has 1 amide bonds. The van der Waals surface area contributed by atoms with Gasteiger partial charge in [0.05, 0.1) is 32.7 Å². The predicted molar refractivity (Wildman–Crippen MR) is 93.4 cm³/mol. The number of nitrogens with zero attached hydrogens (tertiary/aromatic N) is 1. The van der Waals surface area contributed by atoms with E-state index in [4.69, 9.17) is 4.42 Å². The third kappa shape index (κ3) is 4.33. The van der Waals surface area contributed by atoms with Crippen LogP contribution in [-0.4, -0.2) is 43.5 Å². The Morgan fingerprint density at radius 1 is 1.17 bits per heavy atom. The molecule has 0 radical (unpaired) electrons. The lowest BCUT2D eigenvalue weighted by Gasteiger charge is -2.31. The smallest absolute Gasteiger partial charge is 0.290 e. The van der Waals surface area contributed by atoms with Gasteiger partial charge < -0.3 is 14.2 Å². The molecule has 1 aromatic carbocycles. The molecule has 0 bridgehead atoms. The fourth-order valence-corrected chi connectivity index (χ4v) is 3.05. The minimum absolute atomic E-state index is 0.0189. The van der Waals surface area contributed by atoms with Gasteiger partial charge in [-0.15, -0.1) is 0 Å². The quantitative estimate of drug-likeness (QED) is 0.888. The molecule has 0 spiro atoms. The van der Waals surface area contributed by atoms with E-state index >= 15 is 0 Å². The maximum Gasteiger partial charge on any atom is 0.290 e. The molecule has 1 fully saturated rings. The van der Waals surface area contributed by atoms with Crippen molar-refractivity contribution in [2.24, 2.45) is 0 Å². The molecule has 23 heavy (non-hydrogen) atoms. The summed E-state index contributed by atoms with van der Waals surface area (Å²) in [7, 11) is 0. The van der Waals surface area contributed by atoms with Crippen molar-refractivity contribution in [3.63, 3.8) is 0 Å². The summed E-state index contributed by atoms with van der Waals surface area (Å²) in [5.74, 6) is 0.388. The van der Waals surface area contributed by atoms with Gasteiger partial charge in [0.15, 0.2) is 10.4 Å². The molecule has 0 saturated carbocycles. The van der Waals surface area contributed by atoms with E-state index in [0.29, 0.717) is 10.4 Å². The van der Waals surface area contributed by atoms with Gasteiger partial charge in [0.2, 0.25) is 0 Å². The van der Waals surface area contributed by atoms with Crippen molar-refractivity contribution in [3.8, 4) is 0 Å². The van der Waals surface area contributed by atoms with E-state index < -0.39 is 0 Å². The van der Waals surface area contributed by atoms with Crippen LogP contribution in [0.1, 0.15) is 16.1 Å². The third-order valence-electron chi connectivity index (χ3n) is 4.06. The summed E-state index contributed by atoms with van der Waals surface area (Å²) >= 11 is 3.23. The topological polar surface area (TPSA) is 37.9 Å². The largest absolute Gasteiger partial charge is 0.444 e. The van der Waals surface area contributed by atoms with E-state index in [0.717, 1.165) is 32.7 Å². The number of nitrogens with one attached hydrogen (secondary N) is 1. The molecule has 0 aliphatic carbocycles. The highest BCUT2D eigenvalue weighted by molar-refractivity contribution is 9.10. The Morgan fingerprint density at radius 2 is 1.91 bits per heavy atom. The molecule has 1 aliphatic rings. The van der Waals surface area contributed by atoms with Crippen LogP contribution < -0.4 is 4.90 Å². The second-order valence-corrected chi connectivity index (χ2v) is 6.44. The summed E-state index contributed by atoms with van der Waals surface area (Å²) < 4.78 is 5.94. The lowest BCUT2D eigenvalue weighted by atomic mass is 10.2. The maximum absolute atomic E-state index is 12.3. The number of carbonyl (C=O) groups is 1. The van der Waals surface area contributed by atoms with Gasteiger partial charge >= 0.3 is 0 Å². The SMILES string of the molecule is O=C(c1ccc(Br)o1)N1CC[NH+](CC=Cc2ccccc2)CC1. The summed E-state index contributed by atoms with van der Waals surface area (Å²) in [6, 6.07) is 13.8. The van der Waals surface area contributed by atoms with E-state index in [1.54, 1.807) is 12.1 Å². The number of furan rings is 1. The molecule has 0 atom stereocenters. The van der Waals surface area contributed by atoms with Gasteiger partial charge in [0.1, 0.15) is 0 Å². The first-order valence-corrected chi connectivity index (χ1v) is 8.61. The Kier molecular flexibility index (Phi) is 5.31. The van der Waals surface area contributed by atoms with Gasteiger partial charge in [-0.2, -0.15) is 0 Å². The first-order chi connectivity index (χ1) is 11.2. The number of benzene rings is 1. The van der Waals surface area contributed by atoms with Crippen molar-refractivity contribution in [2.75, 3.05) is 32.7 Å². The van der Waals surface area contributed by atoms with Crippen LogP contribution in [-0.2, 0) is 0 Å². The fraction of sp³-hybridized carbons (Fsp3) is 0.278. The summed E-state index contributed by atoms with van der Waals surface area (Å²) in [5, 5.41) is 0. The molecule has 1 saturated heterocycles. The molecule has 2 heterocycles. The van der Waals surface area contributed by atoms with Crippen LogP contribution in [0.25, 0.3) is 6.08 Å². The highest BCUT2D eigenvalue weighted by Gasteiger charge is 2.25. The standard InChI is InChI=1S/C18H19BrN2O2/c19-17-9-8-16(23-17)18(22)21-13-11-20(12-14-21)10-4-7-15-5-2-1-3-6-15/h1-9H,10-14H2/p+1. The first kappa shape index (κ1) is 16.0. The number of piperazine rings is 1. The van der Waals surface area contributed by atoms with E-state index in [2.05, 4.69) is 40.2 Å². The zero-order valence-corrected chi connectivity index (χ0v) is 14.5. The summed E-state index contributed by atoms with van der Waals surface area (Å²) in [4.78, 5) is 15.7. The summed E-state index contributed by atoms with van der Waals surface area (Å²) in [6.45, 7) is 4.46. The molecule has 4 nitrogen and oxygen atoms in total. The average Bonchev–Trinajstić information content (AvgIpc) is 3.02. The highest BCUT2D eigenvalue weighted by atomic mass is 79.9. The van der Waals surface area contributed by atoms with Gasteiger partial charge in [0, 0.05) is 0 Å². The number of rotatable bonds is 4. The average molecular weight is 376 g/mol. The number of quaternary nitrogens is 1. The lowest BCUT2D eigenvalue weighted by Crippen LogP contribution is -3.14. The monoisotopic (exact) mass is 375 g/mol.